The highest BCUT2D eigenvalue weighted by molar-refractivity contribution is 7.26. The van der Waals surface area contributed by atoms with E-state index in [0.29, 0.717) is 0 Å². The summed E-state index contributed by atoms with van der Waals surface area (Å²) in [4.78, 5) is 2.46. The van der Waals surface area contributed by atoms with Crippen LogP contribution in [0.15, 0.2) is 224 Å². The van der Waals surface area contributed by atoms with Crippen molar-refractivity contribution in [2.75, 3.05) is 4.90 Å². The van der Waals surface area contributed by atoms with Gasteiger partial charge in [-0.25, -0.2) is 0 Å². The summed E-state index contributed by atoms with van der Waals surface area (Å²) in [5.74, 6) is 0. The first-order chi connectivity index (χ1) is 28.8. The topological polar surface area (TPSA) is 3.24 Å². The van der Waals surface area contributed by atoms with Crippen LogP contribution in [0.5, 0.6) is 0 Å². The monoisotopic (exact) mass is 755 g/mol. The molecular weight excluding hydrogens is 719 g/mol. The number of nitrogens with zero attached hydrogens (tertiary/aromatic N) is 1. The second-order valence-corrected chi connectivity index (χ2v) is 15.9. The Labute approximate surface area is 342 Å². The average Bonchev–Trinajstić information content (AvgIpc) is 3.69. The van der Waals surface area contributed by atoms with Gasteiger partial charge in [-0.2, -0.15) is 0 Å². The molecule has 0 saturated carbocycles. The Morgan fingerprint density at radius 2 is 0.845 bits per heavy atom. The lowest BCUT2D eigenvalue weighted by Crippen LogP contribution is -2.11. The van der Waals surface area contributed by atoms with E-state index in [1.54, 1.807) is 0 Å². The standard InChI is InChI=1S/C56H37NS/c1-2-16-38(17-3-1)45-22-6-7-23-48(45)49-24-8-9-25-50(49)51-26-10-12-30-54(51)57(43-34-35-46-41(37-43)33-32-39-18-4-5-21-44(39)46)42-20-14-19-40(36-42)47-28-15-29-53-52-27-11-13-31-55(52)58-56(47)53/h1-37H. The van der Waals surface area contributed by atoms with Crippen molar-refractivity contribution < 1.29 is 0 Å². The number of hydrogen-bond donors (Lipinski definition) is 0. The molecular formula is C56H37NS. The summed E-state index contributed by atoms with van der Waals surface area (Å²) >= 11 is 1.88. The van der Waals surface area contributed by atoms with Gasteiger partial charge in [0.25, 0.3) is 0 Å². The van der Waals surface area contributed by atoms with Crippen LogP contribution in [-0.2, 0) is 0 Å². The molecule has 0 bridgehead atoms. The van der Waals surface area contributed by atoms with Crippen LogP contribution in [-0.4, -0.2) is 0 Å². The molecule has 58 heavy (non-hydrogen) atoms. The SMILES string of the molecule is c1ccc(-c2ccccc2-c2ccccc2-c2ccccc2N(c2cccc(-c3cccc4c3sc3ccccc34)c2)c2ccc3c(ccc4ccccc43)c2)cc1. The number of rotatable bonds is 7. The molecule has 272 valence electrons. The van der Waals surface area contributed by atoms with Gasteiger partial charge in [-0.3, -0.25) is 0 Å². The van der Waals surface area contributed by atoms with Gasteiger partial charge in [0, 0.05) is 37.1 Å². The maximum Gasteiger partial charge on any atom is 0.0540 e. The Morgan fingerprint density at radius 1 is 0.293 bits per heavy atom. The van der Waals surface area contributed by atoms with E-state index in [2.05, 4.69) is 229 Å². The molecule has 1 aromatic heterocycles. The van der Waals surface area contributed by atoms with Crippen LogP contribution in [0.3, 0.4) is 0 Å². The molecule has 0 N–H and O–H groups in total. The van der Waals surface area contributed by atoms with E-state index in [-0.39, 0.29) is 0 Å². The summed E-state index contributed by atoms with van der Waals surface area (Å²) in [6.07, 6.45) is 0. The van der Waals surface area contributed by atoms with Crippen LogP contribution < -0.4 is 4.90 Å². The van der Waals surface area contributed by atoms with Crippen molar-refractivity contribution in [1.82, 2.24) is 0 Å². The fourth-order valence-electron chi connectivity index (χ4n) is 8.79. The molecule has 0 amide bonds. The number of thiophene rings is 1. The molecule has 11 aromatic rings. The third-order valence-corrected chi connectivity index (χ3v) is 12.7. The molecule has 1 heterocycles. The van der Waals surface area contributed by atoms with Gasteiger partial charge < -0.3 is 4.90 Å². The molecule has 0 radical (unpaired) electrons. The second kappa shape index (κ2) is 14.4. The first-order valence-electron chi connectivity index (χ1n) is 19.8. The lowest BCUT2D eigenvalue weighted by molar-refractivity contribution is 1.29. The Morgan fingerprint density at radius 3 is 1.69 bits per heavy atom. The number of hydrogen-bond acceptors (Lipinski definition) is 2. The summed E-state index contributed by atoms with van der Waals surface area (Å²) < 4.78 is 2.63. The minimum atomic E-state index is 1.10. The van der Waals surface area contributed by atoms with E-state index in [1.807, 2.05) is 11.3 Å². The number of fused-ring (bicyclic) bond motifs is 6. The van der Waals surface area contributed by atoms with Crippen molar-refractivity contribution in [2.24, 2.45) is 0 Å². The largest absolute Gasteiger partial charge is 0.310 e. The number of para-hydroxylation sites is 1. The van der Waals surface area contributed by atoms with E-state index in [9.17, 15) is 0 Å². The molecule has 10 aromatic carbocycles. The Balaban J connectivity index is 1.13. The minimum absolute atomic E-state index is 1.10. The van der Waals surface area contributed by atoms with Crippen molar-refractivity contribution in [2.45, 2.75) is 0 Å². The van der Waals surface area contributed by atoms with Gasteiger partial charge >= 0.3 is 0 Å². The van der Waals surface area contributed by atoms with E-state index >= 15 is 0 Å². The van der Waals surface area contributed by atoms with Gasteiger partial charge in [0.1, 0.15) is 0 Å². The molecule has 0 saturated heterocycles. The van der Waals surface area contributed by atoms with Gasteiger partial charge in [0.05, 0.1) is 5.69 Å². The van der Waals surface area contributed by atoms with Crippen molar-refractivity contribution in [3.8, 4) is 44.5 Å². The summed E-state index contributed by atoms with van der Waals surface area (Å²) in [7, 11) is 0. The van der Waals surface area contributed by atoms with E-state index in [1.165, 1.54) is 80.7 Å². The highest BCUT2D eigenvalue weighted by Gasteiger charge is 2.21. The zero-order valence-corrected chi connectivity index (χ0v) is 32.5. The molecule has 0 spiro atoms. The minimum Gasteiger partial charge on any atom is -0.310 e. The van der Waals surface area contributed by atoms with Gasteiger partial charge in [0.2, 0.25) is 0 Å². The zero-order valence-electron chi connectivity index (χ0n) is 31.7. The molecule has 0 fully saturated rings. The first-order valence-corrected chi connectivity index (χ1v) is 20.7. The first kappa shape index (κ1) is 34.0. The lowest BCUT2D eigenvalue weighted by atomic mass is 9.88. The zero-order chi connectivity index (χ0) is 38.4. The predicted octanol–water partition coefficient (Wildman–Crippen LogP) is 16.5. The van der Waals surface area contributed by atoms with Crippen molar-refractivity contribution in [3.05, 3.63) is 224 Å². The van der Waals surface area contributed by atoms with Crippen LogP contribution in [0.25, 0.3) is 86.2 Å². The molecule has 0 aliphatic rings. The highest BCUT2D eigenvalue weighted by atomic mass is 32.1. The van der Waals surface area contributed by atoms with Gasteiger partial charge in [-0.1, -0.05) is 188 Å². The maximum absolute atomic E-state index is 2.46. The lowest BCUT2D eigenvalue weighted by Gasteiger charge is -2.29. The Bertz CT molecular complexity index is 3300. The second-order valence-electron chi connectivity index (χ2n) is 14.8. The Kier molecular flexibility index (Phi) is 8.42. The highest BCUT2D eigenvalue weighted by Crippen LogP contribution is 2.47. The van der Waals surface area contributed by atoms with Crippen LogP contribution in [0.1, 0.15) is 0 Å². The van der Waals surface area contributed by atoms with Crippen LogP contribution in [0, 0.1) is 0 Å². The third kappa shape index (κ3) is 5.86. The van der Waals surface area contributed by atoms with Gasteiger partial charge in [-0.15, -0.1) is 11.3 Å². The van der Waals surface area contributed by atoms with Crippen LogP contribution in [0.2, 0.25) is 0 Å². The fraction of sp³-hybridized carbons (Fsp3) is 0. The predicted molar refractivity (Wildman–Crippen MR) is 251 cm³/mol. The maximum atomic E-state index is 2.46. The fourth-order valence-corrected chi connectivity index (χ4v) is 10.0. The van der Waals surface area contributed by atoms with Gasteiger partial charge in [-0.05, 0) is 96.9 Å². The van der Waals surface area contributed by atoms with E-state index < -0.39 is 0 Å². The Hall–Kier alpha value is -7.26. The van der Waals surface area contributed by atoms with E-state index in [4.69, 9.17) is 0 Å². The van der Waals surface area contributed by atoms with Crippen LogP contribution >= 0.6 is 11.3 Å². The quantitative estimate of drug-likeness (QED) is 0.146. The molecule has 2 heteroatoms. The molecule has 1 nitrogen and oxygen atoms in total. The summed E-state index contributed by atoms with van der Waals surface area (Å²) in [5, 5.41) is 7.60. The molecule has 0 aliphatic carbocycles. The molecule has 0 unspecified atom stereocenters. The summed E-state index contributed by atoms with van der Waals surface area (Å²) in [6.45, 7) is 0. The van der Waals surface area contributed by atoms with Gasteiger partial charge in [0.15, 0.2) is 0 Å². The number of benzene rings is 10. The summed E-state index contributed by atoms with van der Waals surface area (Å²) in [5.41, 5.74) is 13.0. The van der Waals surface area contributed by atoms with E-state index in [0.717, 1.165) is 22.6 Å². The molecule has 0 aliphatic heterocycles. The average molecular weight is 756 g/mol. The molecule has 0 atom stereocenters. The van der Waals surface area contributed by atoms with Crippen molar-refractivity contribution in [1.29, 1.82) is 0 Å². The third-order valence-electron chi connectivity index (χ3n) is 11.5. The summed E-state index contributed by atoms with van der Waals surface area (Å²) in [6, 6.07) is 82.0. The molecule has 11 rings (SSSR count). The smallest absolute Gasteiger partial charge is 0.0540 e. The number of anilines is 3. The van der Waals surface area contributed by atoms with Crippen molar-refractivity contribution >= 4 is 70.1 Å². The van der Waals surface area contributed by atoms with Crippen molar-refractivity contribution in [3.63, 3.8) is 0 Å². The normalized spacial score (nSPS) is 11.4. The van der Waals surface area contributed by atoms with Crippen LogP contribution in [0.4, 0.5) is 17.1 Å².